The lowest BCUT2D eigenvalue weighted by Crippen LogP contribution is -2.58. The van der Waals surface area contributed by atoms with Crippen LogP contribution in [0.4, 0.5) is 13.2 Å². The molecule has 0 saturated heterocycles. The van der Waals surface area contributed by atoms with E-state index in [0.29, 0.717) is 17.4 Å². The van der Waals surface area contributed by atoms with E-state index < -0.39 is 23.3 Å². The first-order valence-electron chi connectivity index (χ1n) is 7.74. The minimum absolute atomic E-state index is 0.283. The van der Waals surface area contributed by atoms with Crippen LogP contribution in [0.5, 0.6) is 0 Å². The Morgan fingerprint density at radius 2 is 1.71 bits per heavy atom. The third kappa shape index (κ3) is 1.95. The average molecular weight is 296 g/mol. The van der Waals surface area contributed by atoms with Gasteiger partial charge in [-0.25, -0.2) is 0 Å². The van der Waals surface area contributed by atoms with Crippen molar-refractivity contribution >= 4 is 0 Å². The zero-order valence-corrected chi connectivity index (χ0v) is 11.7. The summed E-state index contributed by atoms with van der Waals surface area (Å²) in [5.41, 5.74) is -0.331. The Morgan fingerprint density at radius 1 is 1.05 bits per heavy atom. The Balaban J connectivity index is 1.78. The second kappa shape index (κ2) is 4.25. The number of benzene rings is 1. The number of aliphatic hydroxyl groups excluding tert-OH is 1. The summed E-state index contributed by atoms with van der Waals surface area (Å²) < 4.78 is 38.9. The van der Waals surface area contributed by atoms with Crippen LogP contribution < -0.4 is 0 Å². The summed E-state index contributed by atoms with van der Waals surface area (Å²) in [7, 11) is 0. The molecule has 0 radical (unpaired) electrons. The van der Waals surface area contributed by atoms with Crippen LogP contribution in [0.15, 0.2) is 24.3 Å². The molecule has 0 heterocycles. The monoisotopic (exact) mass is 296 g/mol. The van der Waals surface area contributed by atoms with Gasteiger partial charge in [-0.15, -0.1) is 0 Å². The van der Waals surface area contributed by atoms with E-state index in [4.69, 9.17) is 0 Å². The lowest BCUT2D eigenvalue weighted by molar-refractivity contribution is -0.138. The fourth-order valence-corrected chi connectivity index (χ4v) is 5.43. The molecule has 1 nitrogen and oxygen atoms in total. The zero-order chi connectivity index (χ0) is 14.8. The highest BCUT2D eigenvalue weighted by Gasteiger charge is 2.57. The molecule has 1 N–H and O–H groups in total. The summed E-state index contributed by atoms with van der Waals surface area (Å²) >= 11 is 0. The molecule has 3 atom stereocenters. The van der Waals surface area contributed by atoms with E-state index in [1.807, 2.05) is 0 Å². The molecule has 4 saturated carbocycles. The fraction of sp³-hybridized carbons (Fsp3) is 0.647. The summed E-state index contributed by atoms with van der Waals surface area (Å²) in [5, 5.41) is 10.7. The topological polar surface area (TPSA) is 20.2 Å². The van der Waals surface area contributed by atoms with Crippen molar-refractivity contribution in [3.05, 3.63) is 35.4 Å². The molecule has 3 unspecified atom stereocenters. The van der Waals surface area contributed by atoms with Gasteiger partial charge >= 0.3 is 6.18 Å². The minimum atomic E-state index is -4.32. The Kier molecular flexibility index (Phi) is 2.76. The predicted octanol–water partition coefficient (Wildman–Crippen LogP) is 4.14. The molecule has 4 aliphatic carbocycles. The maximum atomic E-state index is 13.0. The number of hydrogen-bond acceptors (Lipinski definition) is 1. The van der Waals surface area contributed by atoms with Crippen molar-refractivity contribution in [3.63, 3.8) is 0 Å². The van der Waals surface area contributed by atoms with Crippen LogP contribution in [0.1, 0.15) is 43.2 Å². The van der Waals surface area contributed by atoms with Crippen molar-refractivity contribution < 1.29 is 18.3 Å². The molecule has 4 fully saturated rings. The first-order valence-corrected chi connectivity index (χ1v) is 7.74. The summed E-state index contributed by atoms with van der Waals surface area (Å²) in [6.45, 7) is 0. The van der Waals surface area contributed by atoms with Gasteiger partial charge in [-0.1, -0.05) is 18.2 Å². The van der Waals surface area contributed by atoms with Gasteiger partial charge in [0, 0.05) is 5.41 Å². The van der Waals surface area contributed by atoms with Crippen LogP contribution in [0.25, 0.3) is 0 Å². The van der Waals surface area contributed by atoms with Crippen LogP contribution in [-0.4, -0.2) is 11.2 Å². The van der Waals surface area contributed by atoms with Crippen molar-refractivity contribution in [2.24, 2.45) is 17.8 Å². The molecule has 4 heteroatoms. The molecule has 0 aliphatic heterocycles. The Morgan fingerprint density at radius 3 is 2.33 bits per heavy atom. The Hall–Kier alpha value is -1.03. The third-order valence-electron chi connectivity index (χ3n) is 6.02. The largest absolute Gasteiger partial charge is 0.416 e. The minimum Gasteiger partial charge on any atom is -0.392 e. The summed E-state index contributed by atoms with van der Waals surface area (Å²) in [6, 6.07) is 5.67. The van der Waals surface area contributed by atoms with Crippen LogP contribution >= 0.6 is 0 Å². The van der Waals surface area contributed by atoms with Crippen LogP contribution in [0.2, 0.25) is 0 Å². The van der Waals surface area contributed by atoms with E-state index in [9.17, 15) is 18.3 Å². The van der Waals surface area contributed by atoms with Gasteiger partial charge in [-0.05, 0) is 61.5 Å². The molecule has 1 aromatic rings. The highest BCUT2D eigenvalue weighted by Crippen LogP contribution is 2.60. The van der Waals surface area contributed by atoms with Gasteiger partial charge in [0.15, 0.2) is 0 Å². The number of rotatable bonds is 1. The maximum absolute atomic E-state index is 13.0. The van der Waals surface area contributed by atoms with Gasteiger partial charge in [0.25, 0.3) is 0 Å². The molecule has 21 heavy (non-hydrogen) atoms. The molecule has 114 valence electrons. The van der Waals surface area contributed by atoms with Crippen LogP contribution in [0, 0.1) is 17.8 Å². The van der Waals surface area contributed by atoms with Crippen LogP contribution in [-0.2, 0) is 11.6 Å². The molecule has 4 bridgehead atoms. The molecule has 0 aromatic heterocycles. The van der Waals surface area contributed by atoms with Crippen molar-refractivity contribution in [3.8, 4) is 0 Å². The first-order chi connectivity index (χ1) is 9.88. The van der Waals surface area contributed by atoms with E-state index in [1.165, 1.54) is 18.6 Å². The lowest BCUT2D eigenvalue weighted by Gasteiger charge is -2.59. The number of hydrogen-bond donors (Lipinski definition) is 1. The summed E-state index contributed by atoms with van der Waals surface area (Å²) in [6.07, 6.45) is 0.211. The van der Waals surface area contributed by atoms with Gasteiger partial charge in [-0.3, -0.25) is 0 Å². The van der Waals surface area contributed by atoms with Crippen LogP contribution in [0.3, 0.4) is 0 Å². The quantitative estimate of drug-likeness (QED) is 0.825. The third-order valence-corrected chi connectivity index (χ3v) is 6.02. The lowest BCUT2D eigenvalue weighted by atomic mass is 9.46. The zero-order valence-electron chi connectivity index (χ0n) is 11.7. The standard InChI is InChI=1S/C17H19F3O/c18-17(19,20)14-3-1-2-13(7-14)16-8-10-4-11(9-16)6-12(5-10)15(16)21/h1-3,7,10-12,15,21H,4-6,8-9H2. The second-order valence-corrected chi connectivity index (χ2v) is 7.29. The van der Waals surface area contributed by atoms with E-state index in [-0.39, 0.29) is 5.92 Å². The molecule has 5 rings (SSSR count). The Bertz CT molecular complexity index is 551. The normalized spacial score (nSPS) is 41.5. The molecule has 0 amide bonds. The van der Waals surface area contributed by atoms with Crippen molar-refractivity contribution in [1.82, 2.24) is 0 Å². The predicted molar refractivity (Wildman–Crippen MR) is 72.7 cm³/mol. The SMILES string of the molecule is OC1C2CC3CC(C2)CC1(c1cccc(C(F)(F)F)c1)C3. The van der Waals surface area contributed by atoms with Gasteiger partial charge < -0.3 is 5.11 Å². The summed E-state index contributed by atoms with van der Waals surface area (Å²) in [5.74, 6) is 1.45. The van der Waals surface area contributed by atoms with Gasteiger partial charge in [0.2, 0.25) is 0 Å². The number of aliphatic hydroxyl groups is 1. The smallest absolute Gasteiger partial charge is 0.392 e. The highest BCUT2D eigenvalue weighted by molar-refractivity contribution is 5.35. The van der Waals surface area contributed by atoms with Crippen molar-refractivity contribution in [1.29, 1.82) is 0 Å². The van der Waals surface area contributed by atoms with Gasteiger partial charge in [0.05, 0.1) is 11.7 Å². The van der Waals surface area contributed by atoms with Gasteiger partial charge in [-0.2, -0.15) is 13.2 Å². The number of halogens is 3. The molecular formula is C17H19F3O. The van der Waals surface area contributed by atoms with Crippen molar-refractivity contribution in [2.45, 2.75) is 49.8 Å². The second-order valence-electron chi connectivity index (χ2n) is 7.29. The molecular weight excluding hydrogens is 277 g/mol. The van der Waals surface area contributed by atoms with E-state index in [0.717, 1.165) is 31.7 Å². The maximum Gasteiger partial charge on any atom is 0.416 e. The first kappa shape index (κ1) is 13.6. The fourth-order valence-electron chi connectivity index (χ4n) is 5.43. The van der Waals surface area contributed by atoms with Gasteiger partial charge in [0.1, 0.15) is 0 Å². The molecule has 4 aliphatic rings. The van der Waals surface area contributed by atoms with E-state index in [2.05, 4.69) is 0 Å². The van der Waals surface area contributed by atoms with Crippen molar-refractivity contribution in [2.75, 3.05) is 0 Å². The molecule has 0 spiro atoms. The highest BCUT2D eigenvalue weighted by atomic mass is 19.4. The average Bonchev–Trinajstić information content (AvgIpc) is 2.43. The Labute approximate surface area is 122 Å². The van der Waals surface area contributed by atoms with E-state index in [1.54, 1.807) is 6.07 Å². The van der Waals surface area contributed by atoms with E-state index >= 15 is 0 Å². The number of alkyl halides is 3. The molecule has 1 aromatic carbocycles. The summed E-state index contributed by atoms with van der Waals surface area (Å²) in [4.78, 5) is 0.